The number of hydrogen-bond acceptors (Lipinski definition) is 4. The summed E-state index contributed by atoms with van der Waals surface area (Å²) in [6, 6.07) is 14.4. The van der Waals surface area contributed by atoms with Crippen LogP contribution in [-0.2, 0) is 16.4 Å². The fourth-order valence-corrected chi connectivity index (χ4v) is 5.37. The molecule has 3 rings (SSSR count). The molecule has 7 heteroatoms. The molecule has 0 saturated carbocycles. The van der Waals surface area contributed by atoms with Gasteiger partial charge >= 0.3 is 0 Å². The summed E-state index contributed by atoms with van der Waals surface area (Å²) in [5.74, 6) is 0.385. The predicted octanol–water partition coefficient (Wildman–Crippen LogP) is 3.29. The molecular formula is C19H20BrNO4S. The monoisotopic (exact) mass is 437 g/mol. The third kappa shape index (κ3) is 4.27. The van der Waals surface area contributed by atoms with Crippen LogP contribution in [-0.4, -0.2) is 43.9 Å². The quantitative estimate of drug-likeness (QED) is 0.719. The maximum Gasteiger partial charge on any atom is 0.258 e. The van der Waals surface area contributed by atoms with E-state index in [1.165, 1.54) is 7.11 Å². The zero-order valence-electron chi connectivity index (χ0n) is 14.4. The van der Waals surface area contributed by atoms with Crippen molar-refractivity contribution in [1.82, 2.24) is 4.90 Å². The van der Waals surface area contributed by atoms with Gasteiger partial charge in [-0.2, -0.15) is 0 Å². The topological polar surface area (TPSA) is 63.7 Å². The highest BCUT2D eigenvalue weighted by atomic mass is 79.9. The minimum absolute atomic E-state index is 0.00188. The van der Waals surface area contributed by atoms with Crippen LogP contribution in [0.4, 0.5) is 0 Å². The van der Waals surface area contributed by atoms with Gasteiger partial charge in [-0.1, -0.05) is 40.2 Å². The van der Waals surface area contributed by atoms with Crippen molar-refractivity contribution >= 4 is 31.7 Å². The highest BCUT2D eigenvalue weighted by Crippen LogP contribution is 2.26. The van der Waals surface area contributed by atoms with E-state index in [0.29, 0.717) is 24.3 Å². The van der Waals surface area contributed by atoms with Gasteiger partial charge < -0.3 is 9.64 Å². The van der Waals surface area contributed by atoms with Crippen LogP contribution in [0.3, 0.4) is 0 Å². The van der Waals surface area contributed by atoms with Crippen LogP contribution in [0.25, 0.3) is 0 Å². The Morgan fingerprint density at radius 1 is 1.23 bits per heavy atom. The Morgan fingerprint density at radius 2 is 2.00 bits per heavy atom. The summed E-state index contributed by atoms with van der Waals surface area (Å²) < 4.78 is 30.2. The third-order valence-corrected chi connectivity index (χ3v) is 6.73. The molecule has 0 radical (unpaired) electrons. The molecule has 1 atom stereocenters. The molecule has 2 aromatic carbocycles. The molecule has 1 aliphatic heterocycles. The van der Waals surface area contributed by atoms with Crippen molar-refractivity contribution in [3.8, 4) is 5.75 Å². The number of halogens is 1. The second-order valence-corrected chi connectivity index (χ2v) is 9.46. The number of carbonyl (C=O) groups excluding carboxylic acids is 1. The molecule has 0 N–H and O–H groups in total. The van der Waals surface area contributed by atoms with Crippen LogP contribution in [0.2, 0.25) is 0 Å². The molecule has 0 unspecified atom stereocenters. The molecule has 1 saturated heterocycles. The molecule has 0 aromatic heterocycles. The number of sulfone groups is 1. The Kier molecular flexibility index (Phi) is 5.67. The van der Waals surface area contributed by atoms with Crippen molar-refractivity contribution in [2.24, 2.45) is 0 Å². The third-order valence-electron chi connectivity index (χ3n) is 4.49. The van der Waals surface area contributed by atoms with Gasteiger partial charge in [0.2, 0.25) is 0 Å². The highest BCUT2D eigenvalue weighted by Gasteiger charge is 2.35. The molecule has 138 valence electrons. The number of methoxy groups -OCH3 is 1. The van der Waals surface area contributed by atoms with Crippen molar-refractivity contribution in [3.05, 3.63) is 64.1 Å². The Hall–Kier alpha value is -1.86. The minimum Gasteiger partial charge on any atom is -0.496 e. The normalized spacial score (nSPS) is 18.5. The van der Waals surface area contributed by atoms with E-state index in [2.05, 4.69) is 15.9 Å². The van der Waals surface area contributed by atoms with Crippen LogP contribution >= 0.6 is 15.9 Å². The Bertz CT molecular complexity index is 913. The fourth-order valence-electron chi connectivity index (χ4n) is 3.20. The number of para-hydroxylation sites is 1. The second-order valence-electron chi connectivity index (χ2n) is 6.32. The molecule has 1 amide bonds. The summed E-state index contributed by atoms with van der Waals surface area (Å²) in [6.45, 7) is 0.344. The first-order valence-electron chi connectivity index (χ1n) is 8.28. The van der Waals surface area contributed by atoms with E-state index in [1.807, 2.05) is 24.3 Å². The molecule has 1 fully saturated rings. The van der Waals surface area contributed by atoms with Gasteiger partial charge in [0, 0.05) is 17.1 Å². The van der Waals surface area contributed by atoms with E-state index in [4.69, 9.17) is 4.74 Å². The average Bonchev–Trinajstić information content (AvgIpc) is 2.98. The zero-order valence-corrected chi connectivity index (χ0v) is 16.8. The number of nitrogens with zero attached hydrogens (tertiary/aromatic N) is 1. The van der Waals surface area contributed by atoms with E-state index in [9.17, 15) is 13.2 Å². The number of benzene rings is 2. The zero-order chi connectivity index (χ0) is 18.7. The first-order valence-corrected chi connectivity index (χ1v) is 10.9. The number of carbonyl (C=O) groups is 1. The average molecular weight is 438 g/mol. The summed E-state index contributed by atoms with van der Waals surface area (Å²) in [6.07, 6.45) is 0.456. The maximum atomic E-state index is 13.3. The maximum absolute atomic E-state index is 13.3. The summed E-state index contributed by atoms with van der Waals surface area (Å²) in [7, 11) is -1.59. The first-order chi connectivity index (χ1) is 12.4. The van der Waals surface area contributed by atoms with Crippen LogP contribution in [0.15, 0.2) is 53.0 Å². The lowest BCUT2D eigenvalue weighted by atomic mass is 10.1. The van der Waals surface area contributed by atoms with Gasteiger partial charge in [0.15, 0.2) is 9.84 Å². The SMILES string of the molecule is COc1ccccc1C(=O)N(Cc1cccc(Br)c1)[C@H]1CCS(=O)(=O)C1. The van der Waals surface area contributed by atoms with Crippen LogP contribution in [0, 0.1) is 0 Å². The summed E-state index contributed by atoms with van der Waals surface area (Å²) in [5.41, 5.74) is 1.38. The van der Waals surface area contributed by atoms with Gasteiger partial charge in [-0.05, 0) is 36.2 Å². The van der Waals surface area contributed by atoms with Crippen molar-refractivity contribution in [1.29, 1.82) is 0 Å². The summed E-state index contributed by atoms with van der Waals surface area (Å²) in [5, 5.41) is 0. The van der Waals surface area contributed by atoms with Crippen LogP contribution < -0.4 is 4.74 Å². The first kappa shape index (κ1) is 18.9. The largest absolute Gasteiger partial charge is 0.496 e. The number of rotatable bonds is 5. The Balaban J connectivity index is 1.95. The van der Waals surface area contributed by atoms with Gasteiger partial charge in [-0.15, -0.1) is 0 Å². The van der Waals surface area contributed by atoms with Crippen molar-refractivity contribution in [2.45, 2.75) is 19.0 Å². The Morgan fingerprint density at radius 3 is 2.65 bits per heavy atom. The molecule has 26 heavy (non-hydrogen) atoms. The van der Waals surface area contributed by atoms with E-state index in [1.54, 1.807) is 29.2 Å². The van der Waals surface area contributed by atoms with Gasteiger partial charge in [0.05, 0.1) is 24.2 Å². The van der Waals surface area contributed by atoms with E-state index in [-0.39, 0.29) is 23.5 Å². The van der Waals surface area contributed by atoms with E-state index in [0.717, 1.165) is 10.0 Å². The minimum atomic E-state index is -3.11. The fraction of sp³-hybridized carbons (Fsp3) is 0.316. The molecule has 0 bridgehead atoms. The number of hydrogen-bond donors (Lipinski definition) is 0. The number of ether oxygens (including phenoxy) is 1. The lowest BCUT2D eigenvalue weighted by Gasteiger charge is -2.29. The van der Waals surface area contributed by atoms with Crippen molar-refractivity contribution in [2.75, 3.05) is 18.6 Å². The lowest BCUT2D eigenvalue weighted by molar-refractivity contribution is 0.0677. The van der Waals surface area contributed by atoms with Crippen molar-refractivity contribution < 1.29 is 17.9 Å². The van der Waals surface area contributed by atoms with Crippen LogP contribution in [0.1, 0.15) is 22.3 Å². The van der Waals surface area contributed by atoms with E-state index >= 15 is 0 Å². The molecule has 0 spiro atoms. The smallest absolute Gasteiger partial charge is 0.258 e. The standard InChI is InChI=1S/C19H20BrNO4S/c1-25-18-8-3-2-7-17(18)19(22)21(16-9-10-26(23,24)13-16)12-14-5-4-6-15(20)11-14/h2-8,11,16H,9-10,12-13H2,1H3/t16-/m0/s1. The molecule has 0 aliphatic carbocycles. The van der Waals surface area contributed by atoms with Gasteiger partial charge in [-0.3, -0.25) is 4.79 Å². The molecule has 1 heterocycles. The molecular weight excluding hydrogens is 418 g/mol. The summed E-state index contributed by atoms with van der Waals surface area (Å²) >= 11 is 3.44. The van der Waals surface area contributed by atoms with Gasteiger partial charge in [0.25, 0.3) is 5.91 Å². The van der Waals surface area contributed by atoms with Crippen LogP contribution in [0.5, 0.6) is 5.75 Å². The summed E-state index contributed by atoms with van der Waals surface area (Å²) in [4.78, 5) is 14.9. The van der Waals surface area contributed by atoms with Crippen molar-refractivity contribution in [3.63, 3.8) is 0 Å². The Labute approximate surface area is 162 Å². The van der Waals surface area contributed by atoms with E-state index < -0.39 is 9.84 Å². The molecule has 5 nitrogen and oxygen atoms in total. The highest BCUT2D eigenvalue weighted by molar-refractivity contribution is 9.10. The molecule has 2 aromatic rings. The predicted molar refractivity (Wildman–Crippen MR) is 104 cm³/mol. The number of amides is 1. The lowest BCUT2D eigenvalue weighted by Crippen LogP contribution is -2.40. The van der Waals surface area contributed by atoms with Gasteiger partial charge in [-0.25, -0.2) is 8.42 Å². The van der Waals surface area contributed by atoms with Gasteiger partial charge in [0.1, 0.15) is 5.75 Å². The molecule has 1 aliphatic rings. The second kappa shape index (κ2) is 7.80.